The summed E-state index contributed by atoms with van der Waals surface area (Å²) >= 11 is 0. The van der Waals surface area contributed by atoms with Crippen molar-refractivity contribution < 1.29 is 45.1 Å². The number of aliphatic hydroxyl groups is 1. The van der Waals surface area contributed by atoms with Crippen molar-refractivity contribution in [1.29, 1.82) is 0 Å². The van der Waals surface area contributed by atoms with Crippen molar-refractivity contribution in [3.63, 3.8) is 0 Å². The van der Waals surface area contributed by atoms with Crippen molar-refractivity contribution in [3.05, 3.63) is 11.7 Å². The highest BCUT2D eigenvalue weighted by Crippen LogP contribution is 2.24. The van der Waals surface area contributed by atoms with Crippen LogP contribution in [0, 0.1) is 0 Å². The largest absolute Gasteiger partial charge is 0.414 e. The quantitative estimate of drug-likeness (QED) is 0.776. The molecule has 5 nitrogen and oxygen atoms in total. The molecule has 0 aliphatic rings. The standard InChI is InChI=1S/C9H9F7N2O3/c10-7(11)8(12,13)3-20-2-5-17-6(21-18-5)1-4(19)9(14,15)16/h4,7,19H,1-3H2. The fourth-order valence-electron chi connectivity index (χ4n) is 1.05. The van der Waals surface area contributed by atoms with Crippen LogP contribution in [0.1, 0.15) is 11.7 Å². The molecule has 0 radical (unpaired) electrons. The zero-order valence-electron chi connectivity index (χ0n) is 10.1. The third-order valence-electron chi connectivity index (χ3n) is 2.10. The third kappa shape index (κ3) is 5.46. The number of aromatic nitrogens is 2. The first kappa shape index (κ1) is 17.6. The van der Waals surface area contributed by atoms with Gasteiger partial charge in [0.15, 0.2) is 11.9 Å². The number of halogens is 7. The maximum Gasteiger partial charge on any atom is 0.414 e. The number of hydrogen-bond donors (Lipinski definition) is 1. The first-order valence-corrected chi connectivity index (χ1v) is 5.32. The van der Waals surface area contributed by atoms with Crippen molar-refractivity contribution in [2.75, 3.05) is 6.61 Å². The summed E-state index contributed by atoms with van der Waals surface area (Å²) in [5.41, 5.74) is 0. The molecule has 1 heterocycles. The van der Waals surface area contributed by atoms with Gasteiger partial charge in [-0.05, 0) is 0 Å². The normalized spacial score (nSPS) is 14.7. The van der Waals surface area contributed by atoms with Gasteiger partial charge in [-0.1, -0.05) is 5.16 Å². The molecule has 0 bridgehead atoms. The number of aliphatic hydroxyl groups excluding tert-OH is 1. The highest BCUT2D eigenvalue weighted by molar-refractivity contribution is 4.88. The van der Waals surface area contributed by atoms with Gasteiger partial charge in [0, 0.05) is 0 Å². The molecule has 1 unspecified atom stereocenters. The zero-order chi connectivity index (χ0) is 16.3. The van der Waals surface area contributed by atoms with Gasteiger partial charge < -0.3 is 14.4 Å². The molecule has 12 heteroatoms. The molecule has 0 saturated heterocycles. The second-order valence-corrected chi connectivity index (χ2v) is 3.92. The van der Waals surface area contributed by atoms with Crippen LogP contribution in [-0.4, -0.2) is 46.5 Å². The Kier molecular flexibility index (Phi) is 5.50. The Bertz CT molecular complexity index is 449. The van der Waals surface area contributed by atoms with E-state index in [9.17, 15) is 30.7 Å². The molecule has 0 aliphatic heterocycles. The SMILES string of the molecule is OC(Cc1nc(COCC(F)(F)C(F)F)no1)C(F)(F)F. The minimum absolute atomic E-state index is 0.413. The summed E-state index contributed by atoms with van der Waals surface area (Å²) in [6, 6.07) is 0. The van der Waals surface area contributed by atoms with Crippen molar-refractivity contribution >= 4 is 0 Å². The van der Waals surface area contributed by atoms with Gasteiger partial charge >= 0.3 is 18.5 Å². The Morgan fingerprint density at radius 1 is 1.19 bits per heavy atom. The van der Waals surface area contributed by atoms with Crippen LogP contribution >= 0.6 is 0 Å². The number of alkyl halides is 7. The van der Waals surface area contributed by atoms with Crippen LogP contribution in [0.15, 0.2) is 4.52 Å². The third-order valence-corrected chi connectivity index (χ3v) is 2.10. The second-order valence-electron chi connectivity index (χ2n) is 3.92. The van der Waals surface area contributed by atoms with E-state index < -0.39 is 56.0 Å². The first-order chi connectivity index (χ1) is 9.52. The molecule has 1 aromatic rings. The van der Waals surface area contributed by atoms with Gasteiger partial charge in [0.2, 0.25) is 5.89 Å². The Hall–Kier alpha value is -1.43. The molecular weight excluding hydrogens is 317 g/mol. The van der Waals surface area contributed by atoms with Gasteiger partial charge in [0.05, 0.1) is 6.42 Å². The average Bonchev–Trinajstić information content (AvgIpc) is 2.75. The first-order valence-electron chi connectivity index (χ1n) is 5.32. The van der Waals surface area contributed by atoms with Crippen molar-refractivity contribution in [1.82, 2.24) is 10.1 Å². The van der Waals surface area contributed by atoms with E-state index in [1.807, 2.05) is 0 Å². The average molecular weight is 326 g/mol. The Balaban J connectivity index is 2.46. The molecule has 1 rings (SSSR count). The van der Waals surface area contributed by atoms with E-state index >= 15 is 0 Å². The lowest BCUT2D eigenvalue weighted by Gasteiger charge is -2.14. The van der Waals surface area contributed by atoms with Crippen LogP contribution in [-0.2, 0) is 17.8 Å². The van der Waals surface area contributed by atoms with E-state index in [-0.39, 0.29) is 0 Å². The lowest BCUT2D eigenvalue weighted by molar-refractivity contribution is -0.204. The lowest BCUT2D eigenvalue weighted by Crippen LogP contribution is -2.32. The highest BCUT2D eigenvalue weighted by Gasteiger charge is 2.41. The van der Waals surface area contributed by atoms with Crippen LogP contribution in [0.4, 0.5) is 30.7 Å². The predicted molar refractivity (Wildman–Crippen MR) is 50.7 cm³/mol. The van der Waals surface area contributed by atoms with E-state index in [4.69, 9.17) is 5.11 Å². The molecule has 0 saturated carbocycles. The van der Waals surface area contributed by atoms with E-state index in [0.29, 0.717) is 0 Å². The zero-order valence-corrected chi connectivity index (χ0v) is 10.1. The molecule has 0 aliphatic carbocycles. The van der Waals surface area contributed by atoms with Gasteiger partial charge in [-0.3, -0.25) is 0 Å². The summed E-state index contributed by atoms with van der Waals surface area (Å²) in [6.45, 7) is -2.37. The van der Waals surface area contributed by atoms with Crippen molar-refractivity contribution in [3.8, 4) is 0 Å². The fourth-order valence-corrected chi connectivity index (χ4v) is 1.05. The Morgan fingerprint density at radius 3 is 2.33 bits per heavy atom. The van der Waals surface area contributed by atoms with Crippen LogP contribution in [0.2, 0.25) is 0 Å². The van der Waals surface area contributed by atoms with Gasteiger partial charge in [-0.15, -0.1) is 0 Å². The maximum absolute atomic E-state index is 12.5. The van der Waals surface area contributed by atoms with Crippen molar-refractivity contribution in [2.45, 2.75) is 37.7 Å². The molecular formula is C9H9F7N2O3. The summed E-state index contributed by atoms with van der Waals surface area (Å²) < 4.78 is 93.1. The van der Waals surface area contributed by atoms with E-state index in [2.05, 4.69) is 19.4 Å². The molecule has 0 spiro atoms. The summed E-state index contributed by atoms with van der Waals surface area (Å²) in [7, 11) is 0. The van der Waals surface area contributed by atoms with Crippen LogP contribution < -0.4 is 0 Å². The Morgan fingerprint density at radius 2 is 1.81 bits per heavy atom. The monoisotopic (exact) mass is 326 g/mol. The summed E-state index contributed by atoms with van der Waals surface area (Å²) in [5.74, 6) is -5.37. The van der Waals surface area contributed by atoms with Gasteiger partial charge in [-0.25, -0.2) is 8.78 Å². The molecule has 0 amide bonds. The number of nitrogens with zero attached hydrogens (tertiary/aromatic N) is 2. The fraction of sp³-hybridized carbons (Fsp3) is 0.778. The molecule has 21 heavy (non-hydrogen) atoms. The van der Waals surface area contributed by atoms with E-state index in [1.165, 1.54) is 0 Å². The van der Waals surface area contributed by atoms with Crippen molar-refractivity contribution in [2.24, 2.45) is 0 Å². The van der Waals surface area contributed by atoms with E-state index in [0.717, 1.165) is 0 Å². The molecule has 0 aromatic carbocycles. The smallest absolute Gasteiger partial charge is 0.383 e. The van der Waals surface area contributed by atoms with E-state index in [1.54, 1.807) is 0 Å². The number of hydrogen-bond acceptors (Lipinski definition) is 5. The maximum atomic E-state index is 12.5. The summed E-state index contributed by atoms with van der Waals surface area (Å²) in [5, 5.41) is 11.8. The topological polar surface area (TPSA) is 68.4 Å². The molecule has 122 valence electrons. The highest BCUT2D eigenvalue weighted by atomic mass is 19.4. The molecule has 0 fully saturated rings. The minimum atomic E-state index is -4.88. The predicted octanol–water partition coefficient (Wildman–Crippen LogP) is 1.95. The van der Waals surface area contributed by atoms with Crippen LogP contribution in [0.5, 0.6) is 0 Å². The summed E-state index contributed by atoms with van der Waals surface area (Å²) in [6.07, 6.45) is -12.6. The molecule has 1 N–H and O–H groups in total. The Labute approximate surface area is 112 Å². The van der Waals surface area contributed by atoms with Crippen LogP contribution in [0.25, 0.3) is 0 Å². The molecule has 1 atom stereocenters. The molecule has 1 aromatic heterocycles. The van der Waals surface area contributed by atoms with Gasteiger partial charge in [0.1, 0.15) is 13.2 Å². The second kappa shape index (κ2) is 6.56. The summed E-state index contributed by atoms with van der Waals surface area (Å²) in [4.78, 5) is 3.33. The van der Waals surface area contributed by atoms with Crippen LogP contribution in [0.3, 0.4) is 0 Å². The van der Waals surface area contributed by atoms with Gasteiger partial charge in [-0.2, -0.15) is 26.9 Å². The number of rotatable bonds is 7. The number of ether oxygens (including phenoxy) is 1. The minimum Gasteiger partial charge on any atom is -0.383 e. The van der Waals surface area contributed by atoms with Gasteiger partial charge in [0.25, 0.3) is 0 Å². The lowest BCUT2D eigenvalue weighted by atomic mass is 10.2.